The highest BCUT2D eigenvalue weighted by atomic mass is 16.5. The zero-order valence-corrected chi connectivity index (χ0v) is 7.15. The van der Waals surface area contributed by atoms with Crippen molar-refractivity contribution in [2.24, 2.45) is 0 Å². The van der Waals surface area contributed by atoms with Crippen molar-refractivity contribution < 1.29 is 4.74 Å². The van der Waals surface area contributed by atoms with Gasteiger partial charge in [-0.1, -0.05) is 19.3 Å². The predicted molar refractivity (Wildman–Crippen MR) is 46.0 cm³/mol. The lowest BCUT2D eigenvalue weighted by Crippen LogP contribution is -2.31. The Morgan fingerprint density at radius 1 is 1.30 bits per heavy atom. The lowest BCUT2D eigenvalue weighted by Gasteiger charge is -2.33. The first-order valence-electron chi connectivity index (χ1n) is 4.41. The summed E-state index contributed by atoms with van der Waals surface area (Å²) in [6.45, 7) is 3.12. The second-order valence-electron chi connectivity index (χ2n) is 3.44. The first-order valence-corrected chi connectivity index (χ1v) is 4.41. The Labute approximate surface area is 64.6 Å². The van der Waals surface area contributed by atoms with Crippen LogP contribution in [0.1, 0.15) is 39.0 Å². The maximum atomic E-state index is 5.67. The Kier molecular flexibility index (Phi) is 2.78. The molecule has 0 aromatic carbocycles. The molecule has 0 aliphatic heterocycles. The van der Waals surface area contributed by atoms with E-state index in [-0.39, 0.29) is 5.60 Å². The molecule has 1 aliphatic carbocycles. The normalized spacial score (nSPS) is 24.5. The van der Waals surface area contributed by atoms with Crippen LogP contribution in [-0.2, 0) is 4.74 Å². The molecule has 0 N–H and O–H groups in total. The van der Waals surface area contributed by atoms with Gasteiger partial charge in [0.05, 0.1) is 5.60 Å². The van der Waals surface area contributed by atoms with Gasteiger partial charge in [-0.25, -0.2) is 0 Å². The summed E-state index contributed by atoms with van der Waals surface area (Å²) >= 11 is 0. The van der Waals surface area contributed by atoms with Crippen LogP contribution in [0.4, 0.5) is 0 Å². The van der Waals surface area contributed by atoms with Gasteiger partial charge in [-0.3, -0.25) is 0 Å². The average molecular weight is 140 g/mol. The molecular formula is C8H17BO. The van der Waals surface area contributed by atoms with E-state index in [1.54, 1.807) is 0 Å². The standard InChI is InChI=1S/C8H17BO/c1-8(10-7-9)5-3-2-4-6-8/h2-7,9H2,1H3. The minimum Gasteiger partial charge on any atom is -0.384 e. The van der Waals surface area contributed by atoms with Gasteiger partial charge < -0.3 is 4.74 Å². The van der Waals surface area contributed by atoms with Gasteiger partial charge in [0.1, 0.15) is 7.85 Å². The summed E-state index contributed by atoms with van der Waals surface area (Å²) in [4.78, 5) is 0. The van der Waals surface area contributed by atoms with Crippen molar-refractivity contribution in [3.8, 4) is 0 Å². The van der Waals surface area contributed by atoms with Crippen LogP contribution in [0.3, 0.4) is 0 Å². The smallest absolute Gasteiger partial charge is 0.135 e. The molecule has 1 saturated carbocycles. The van der Waals surface area contributed by atoms with Crippen LogP contribution in [0.2, 0.25) is 0 Å². The molecule has 0 bridgehead atoms. The number of rotatable bonds is 2. The molecule has 0 radical (unpaired) electrons. The number of hydrogen-bond donors (Lipinski definition) is 0. The third-order valence-electron chi connectivity index (χ3n) is 2.40. The summed E-state index contributed by atoms with van der Waals surface area (Å²) in [6.07, 6.45) is 6.65. The van der Waals surface area contributed by atoms with Gasteiger partial charge in [-0.05, 0) is 19.8 Å². The van der Waals surface area contributed by atoms with E-state index in [1.165, 1.54) is 32.1 Å². The summed E-state index contributed by atoms with van der Waals surface area (Å²) in [5.74, 6) is 0. The van der Waals surface area contributed by atoms with Gasteiger partial charge in [-0.15, -0.1) is 0 Å². The summed E-state index contributed by atoms with van der Waals surface area (Å²) in [5.41, 5.74) is 0.229. The van der Waals surface area contributed by atoms with Crippen molar-refractivity contribution in [1.82, 2.24) is 0 Å². The highest BCUT2D eigenvalue weighted by Gasteiger charge is 2.26. The van der Waals surface area contributed by atoms with Crippen molar-refractivity contribution in [3.05, 3.63) is 0 Å². The third-order valence-corrected chi connectivity index (χ3v) is 2.40. The Morgan fingerprint density at radius 3 is 2.40 bits per heavy atom. The highest BCUT2D eigenvalue weighted by Crippen LogP contribution is 2.30. The molecule has 1 rings (SSSR count). The van der Waals surface area contributed by atoms with Crippen LogP contribution in [0.5, 0.6) is 0 Å². The van der Waals surface area contributed by atoms with Crippen LogP contribution in [0.25, 0.3) is 0 Å². The number of hydrogen-bond acceptors (Lipinski definition) is 1. The fourth-order valence-corrected chi connectivity index (χ4v) is 1.79. The van der Waals surface area contributed by atoms with Gasteiger partial charge in [0, 0.05) is 6.51 Å². The molecule has 10 heavy (non-hydrogen) atoms. The quantitative estimate of drug-likeness (QED) is 0.525. The maximum Gasteiger partial charge on any atom is 0.135 e. The van der Waals surface area contributed by atoms with E-state index >= 15 is 0 Å². The molecule has 1 nitrogen and oxygen atoms in total. The Morgan fingerprint density at radius 2 is 1.90 bits per heavy atom. The third kappa shape index (κ3) is 2.01. The van der Waals surface area contributed by atoms with Crippen LogP contribution < -0.4 is 0 Å². The van der Waals surface area contributed by atoms with E-state index in [0.717, 1.165) is 6.51 Å². The molecule has 0 amide bonds. The number of ether oxygens (including phenoxy) is 1. The SMILES string of the molecule is BCOC1(C)CCCCC1. The molecule has 0 aromatic heterocycles. The fourth-order valence-electron chi connectivity index (χ4n) is 1.79. The largest absolute Gasteiger partial charge is 0.384 e. The Balaban J connectivity index is 2.32. The lowest BCUT2D eigenvalue weighted by atomic mass is 9.86. The van der Waals surface area contributed by atoms with Crippen molar-refractivity contribution in [2.75, 3.05) is 6.51 Å². The Hall–Kier alpha value is 0.0249. The second kappa shape index (κ2) is 3.43. The average Bonchev–Trinajstić information content (AvgIpc) is 1.89. The lowest BCUT2D eigenvalue weighted by molar-refractivity contribution is -0.0340. The molecule has 0 aromatic rings. The molecule has 1 aliphatic rings. The molecule has 1 fully saturated rings. The van der Waals surface area contributed by atoms with E-state index < -0.39 is 0 Å². The molecule has 2 heteroatoms. The first kappa shape index (κ1) is 8.12. The monoisotopic (exact) mass is 140 g/mol. The van der Waals surface area contributed by atoms with Gasteiger partial charge in [0.15, 0.2) is 0 Å². The van der Waals surface area contributed by atoms with Crippen molar-refractivity contribution in [2.45, 2.75) is 44.6 Å². The summed E-state index contributed by atoms with van der Waals surface area (Å²) in [5, 5.41) is 0. The molecule has 58 valence electrons. The molecule has 0 spiro atoms. The molecular weight excluding hydrogens is 123 g/mol. The van der Waals surface area contributed by atoms with E-state index in [0.29, 0.717) is 0 Å². The minimum atomic E-state index is 0.229. The van der Waals surface area contributed by atoms with Gasteiger partial charge in [0.2, 0.25) is 0 Å². The van der Waals surface area contributed by atoms with Crippen molar-refractivity contribution >= 4 is 7.85 Å². The maximum absolute atomic E-state index is 5.67. The summed E-state index contributed by atoms with van der Waals surface area (Å²) in [7, 11) is 2.08. The zero-order chi connectivity index (χ0) is 7.45. The topological polar surface area (TPSA) is 9.23 Å². The van der Waals surface area contributed by atoms with Gasteiger partial charge in [0.25, 0.3) is 0 Å². The fraction of sp³-hybridized carbons (Fsp3) is 1.00. The van der Waals surface area contributed by atoms with E-state index in [4.69, 9.17) is 4.74 Å². The van der Waals surface area contributed by atoms with Crippen molar-refractivity contribution in [3.63, 3.8) is 0 Å². The van der Waals surface area contributed by atoms with E-state index in [1.807, 2.05) is 0 Å². The van der Waals surface area contributed by atoms with Crippen LogP contribution in [0, 0.1) is 0 Å². The van der Waals surface area contributed by atoms with Crippen LogP contribution in [0.15, 0.2) is 0 Å². The van der Waals surface area contributed by atoms with E-state index in [2.05, 4.69) is 14.8 Å². The van der Waals surface area contributed by atoms with Gasteiger partial charge in [-0.2, -0.15) is 0 Å². The molecule has 0 unspecified atom stereocenters. The highest BCUT2D eigenvalue weighted by molar-refractivity contribution is 6.08. The zero-order valence-electron chi connectivity index (χ0n) is 7.15. The van der Waals surface area contributed by atoms with Gasteiger partial charge >= 0.3 is 0 Å². The summed E-state index contributed by atoms with van der Waals surface area (Å²) < 4.78 is 5.67. The molecule has 0 heterocycles. The second-order valence-corrected chi connectivity index (χ2v) is 3.44. The van der Waals surface area contributed by atoms with Crippen LogP contribution >= 0.6 is 0 Å². The van der Waals surface area contributed by atoms with E-state index in [9.17, 15) is 0 Å². The summed E-state index contributed by atoms with van der Waals surface area (Å²) in [6, 6.07) is 0. The predicted octanol–water partition coefficient (Wildman–Crippen LogP) is 1.32. The van der Waals surface area contributed by atoms with Crippen molar-refractivity contribution in [1.29, 1.82) is 0 Å². The minimum absolute atomic E-state index is 0.229. The molecule has 0 saturated heterocycles. The molecule has 0 atom stereocenters. The Bertz CT molecular complexity index is 91.9. The first-order chi connectivity index (χ1) is 4.77. The van der Waals surface area contributed by atoms with Crippen LogP contribution in [-0.4, -0.2) is 20.0 Å².